The molecule has 5 aliphatic rings. The second kappa shape index (κ2) is 8.03. The first-order valence-corrected chi connectivity index (χ1v) is 13.5. The molecule has 0 unspecified atom stereocenters. The van der Waals surface area contributed by atoms with Crippen LogP contribution in [0.2, 0.25) is 0 Å². The third-order valence-corrected chi connectivity index (χ3v) is 11.0. The number of ketones is 2. The Morgan fingerprint density at radius 3 is 2.55 bits per heavy atom. The number of ether oxygens (including phenoxy) is 1. The number of esters is 1. The molecule has 0 aromatic carbocycles. The molecule has 0 aromatic heterocycles. The van der Waals surface area contributed by atoms with Crippen LogP contribution in [0.4, 0.5) is 0 Å². The number of allylic oxidation sites excluding steroid dienone is 6. The maximum Gasteiger partial charge on any atom is 0.307 e. The Morgan fingerprint density at radius 2 is 1.85 bits per heavy atom. The first-order valence-electron chi connectivity index (χ1n) is 12.6. The third kappa shape index (κ3) is 3.31. The fraction of sp³-hybridized carbons (Fsp3) is 0.679. The van der Waals surface area contributed by atoms with Gasteiger partial charge in [-0.15, -0.1) is 0 Å². The lowest BCUT2D eigenvalue weighted by Gasteiger charge is -2.56. The molecule has 178 valence electrons. The fourth-order valence-corrected chi connectivity index (χ4v) is 9.51. The molecule has 3 fully saturated rings. The van der Waals surface area contributed by atoms with Crippen LogP contribution >= 0.6 is 15.9 Å². The van der Waals surface area contributed by atoms with Crippen molar-refractivity contribution in [3.8, 4) is 0 Å². The van der Waals surface area contributed by atoms with Crippen molar-refractivity contribution in [2.45, 2.75) is 82.6 Å². The Bertz CT molecular complexity index is 972. The topological polar surface area (TPSA) is 60.4 Å². The SMILES string of the molecule is CC(=O)[C@@]1(OC(=O)CC2CCCC2)[C@@H](Br)C[C@H]2[C@@H]3C=CC4=CC(=O)C=C[C@]4(C)[C@H]3CC[C@@]21C. The molecule has 5 heteroatoms. The summed E-state index contributed by atoms with van der Waals surface area (Å²) in [7, 11) is 0. The first kappa shape index (κ1) is 23.3. The molecular formula is C28H35BrO4. The van der Waals surface area contributed by atoms with E-state index in [1.807, 2.05) is 0 Å². The fourth-order valence-electron chi connectivity index (χ4n) is 8.17. The maximum absolute atomic E-state index is 13.3. The molecule has 0 radical (unpaired) electrons. The molecule has 0 heterocycles. The molecule has 0 aromatic rings. The van der Waals surface area contributed by atoms with E-state index in [1.165, 1.54) is 12.8 Å². The Kier molecular flexibility index (Phi) is 5.66. The summed E-state index contributed by atoms with van der Waals surface area (Å²) in [6, 6.07) is 0. The molecule has 0 aliphatic heterocycles. The zero-order chi connectivity index (χ0) is 23.6. The van der Waals surface area contributed by atoms with Crippen LogP contribution in [-0.4, -0.2) is 28.0 Å². The van der Waals surface area contributed by atoms with Gasteiger partial charge in [0.25, 0.3) is 0 Å². The average Bonchev–Trinajstić information content (AvgIpc) is 3.34. The van der Waals surface area contributed by atoms with Crippen molar-refractivity contribution in [2.75, 3.05) is 0 Å². The van der Waals surface area contributed by atoms with Gasteiger partial charge in [0, 0.05) is 17.3 Å². The van der Waals surface area contributed by atoms with Crippen molar-refractivity contribution in [3.63, 3.8) is 0 Å². The number of fused-ring (bicyclic) bond motifs is 5. The van der Waals surface area contributed by atoms with Crippen molar-refractivity contribution in [1.82, 2.24) is 0 Å². The Balaban J connectivity index is 1.48. The van der Waals surface area contributed by atoms with Crippen LogP contribution < -0.4 is 0 Å². The van der Waals surface area contributed by atoms with E-state index < -0.39 is 11.0 Å². The quantitative estimate of drug-likeness (QED) is 0.346. The normalized spacial score (nSPS) is 44.1. The van der Waals surface area contributed by atoms with Crippen LogP contribution in [-0.2, 0) is 19.1 Å². The summed E-state index contributed by atoms with van der Waals surface area (Å²) in [5, 5.41) is 0. The molecule has 0 bridgehead atoms. The smallest absolute Gasteiger partial charge is 0.307 e. The molecule has 3 saturated carbocycles. The second-order valence-corrected chi connectivity index (χ2v) is 12.7. The molecule has 5 rings (SSSR count). The van der Waals surface area contributed by atoms with E-state index in [-0.39, 0.29) is 39.6 Å². The zero-order valence-electron chi connectivity index (χ0n) is 19.9. The third-order valence-electron chi connectivity index (χ3n) is 9.98. The van der Waals surface area contributed by atoms with Gasteiger partial charge < -0.3 is 4.74 Å². The summed E-state index contributed by atoms with van der Waals surface area (Å²) >= 11 is 3.84. The number of hydrogen-bond acceptors (Lipinski definition) is 4. The van der Waals surface area contributed by atoms with Crippen LogP contribution in [0.25, 0.3) is 0 Å². The molecule has 0 saturated heterocycles. The number of alkyl halides is 1. The highest BCUT2D eigenvalue weighted by Gasteiger charge is 2.71. The molecule has 0 N–H and O–H groups in total. The molecule has 0 spiro atoms. The summed E-state index contributed by atoms with van der Waals surface area (Å²) in [4.78, 5) is 38.2. The Hall–Kier alpha value is -1.49. The lowest BCUT2D eigenvalue weighted by Crippen LogP contribution is -2.60. The first-order chi connectivity index (χ1) is 15.6. The van der Waals surface area contributed by atoms with Crippen molar-refractivity contribution in [3.05, 3.63) is 36.0 Å². The largest absolute Gasteiger partial charge is 0.449 e. The monoisotopic (exact) mass is 514 g/mol. The van der Waals surface area contributed by atoms with Gasteiger partial charge in [-0.25, -0.2) is 0 Å². The van der Waals surface area contributed by atoms with E-state index in [4.69, 9.17) is 4.74 Å². The maximum atomic E-state index is 13.3. The van der Waals surface area contributed by atoms with Crippen LogP contribution in [0.1, 0.15) is 72.1 Å². The molecule has 33 heavy (non-hydrogen) atoms. The summed E-state index contributed by atoms with van der Waals surface area (Å²) in [5.41, 5.74) is -0.622. The minimum absolute atomic E-state index is 0.0395. The van der Waals surface area contributed by atoms with E-state index in [2.05, 4.69) is 48.0 Å². The van der Waals surface area contributed by atoms with Crippen molar-refractivity contribution in [1.29, 1.82) is 0 Å². The molecule has 4 nitrogen and oxygen atoms in total. The molecule has 0 amide bonds. The summed E-state index contributed by atoms with van der Waals surface area (Å²) in [6.45, 7) is 6.03. The van der Waals surface area contributed by atoms with Crippen molar-refractivity contribution in [2.24, 2.45) is 34.5 Å². The predicted octanol–water partition coefficient (Wildman–Crippen LogP) is 5.90. The van der Waals surface area contributed by atoms with E-state index >= 15 is 0 Å². The lowest BCUT2D eigenvalue weighted by molar-refractivity contribution is -0.186. The van der Waals surface area contributed by atoms with Crippen molar-refractivity contribution < 1.29 is 19.1 Å². The average molecular weight is 515 g/mol. The number of Topliss-reactive ketones (excluding diaryl/α,β-unsaturated/α-hetero) is 1. The van der Waals surface area contributed by atoms with E-state index in [0.717, 1.165) is 37.7 Å². The molecular weight excluding hydrogens is 480 g/mol. The van der Waals surface area contributed by atoms with Gasteiger partial charge in [0.1, 0.15) is 0 Å². The van der Waals surface area contributed by atoms with Gasteiger partial charge in [0.05, 0.1) is 4.83 Å². The van der Waals surface area contributed by atoms with Crippen LogP contribution in [0, 0.1) is 34.5 Å². The standard InChI is InChI=1S/C28H35BrO4/c1-17(30)28(33-25(32)14-18-6-4-5-7-18)24(29)16-23-21-9-8-19-15-20(31)10-12-26(19,2)22(21)11-13-27(23,28)3/h8-10,12,15,18,21-24H,4-7,11,13-14,16H2,1-3H3/t21-,22+,23+,24+,26+,27+,28-/m1/s1. The minimum atomic E-state index is -1.12. The van der Waals surface area contributed by atoms with E-state index in [1.54, 1.807) is 19.1 Å². The molecule has 7 atom stereocenters. The highest BCUT2D eigenvalue weighted by atomic mass is 79.9. The Morgan fingerprint density at radius 1 is 1.12 bits per heavy atom. The van der Waals surface area contributed by atoms with Gasteiger partial charge in [-0.2, -0.15) is 0 Å². The van der Waals surface area contributed by atoms with Crippen molar-refractivity contribution >= 4 is 33.5 Å². The summed E-state index contributed by atoms with van der Waals surface area (Å²) < 4.78 is 6.30. The highest BCUT2D eigenvalue weighted by molar-refractivity contribution is 9.09. The van der Waals surface area contributed by atoms with Gasteiger partial charge in [-0.3, -0.25) is 14.4 Å². The van der Waals surface area contributed by atoms with Crippen LogP contribution in [0.3, 0.4) is 0 Å². The van der Waals surface area contributed by atoms with E-state index in [0.29, 0.717) is 18.3 Å². The number of carbonyl (C=O) groups is 3. The van der Waals surface area contributed by atoms with Gasteiger partial charge in [-0.05, 0) is 80.4 Å². The number of carbonyl (C=O) groups excluding carboxylic acids is 3. The van der Waals surface area contributed by atoms with E-state index in [9.17, 15) is 14.4 Å². The van der Waals surface area contributed by atoms with Gasteiger partial charge in [-0.1, -0.05) is 60.8 Å². The predicted molar refractivity (Wildman–Crippen MR) is 131 cm³/mol. The van der Waals surface area contributed by atoms with Crippen LogP contribution in [0.5, 0.6) is 0 Å². The number of rotatable bonds is 4. The van der Waals surface area contributed by atoms with Gasteiger partial charge >= 0.3 is 5.97 Å². The van der Waals surface area contributed by atoms with Crippen LogP contribution in [0.15, 0.2) is 36.0 Å². The van der Waals surface area contributed by atoms with Gasteiger partial charge in [0.15, 0.2) is 17.2 Å². The highest BCUT2D eigenvalue weighted by Crippen LogP contribution is 2.67. The number of hydrogen-bond donors (Lipinski definition) is 0. The number of halogens is 1. The summed E-state index contributed by atoms with van der Waals surface area (Å²) in [6.07, 6.45) is 17.5. The minimum Gasteiger partial charge on any atom is -0.449 e. The zero-order valence-corrected chi connectivity index (χ0v) is 21.5. The van der Waals surface area contributed by atoms with Gasteiger partial charge in [0.2, 0.25) is 0 Å². The second-order valence-electron chi connectivity index (χ2n) is 11.5. The molecule has 5 aliphatic carbocycles. The summed E-state index contributed by atoms with van der Waals surface area (Å²) in [5.74, 6) is 1.06. The lowest BCUT2D eigenvalue weighted by atomic mass is 9.49. The Labute approximate surface area is 205 Å².